The molecule has 0 atom stereocenters. The van der Waals surface area contributed by atoms with Gasteiger partial charge in [-0.1, -0.05) is 13.8 Å². The van der Waals surface area contributed by atoms with Gasteiger partial charge in [0, 0.05) is 11.6 Å². The number of sulfone groups is 1. The van der Waals surface area contributed by atoms with E-state index in [9.17, 15) is 22.0 Å². The lowest BCUT2D eigenvalue weighted by Gasteiger charge is -2.08. The molecular weight excluding hydrogens is 264 g/mol. The van der Waals surface area contributed by atoms with Gasteiger partial charge in [-0.15, -0.1) is 0 Å². The monoisotopic (exact) mass is 277 g/mol. The largest absolute Gasteiger partial charge is 0.341 e. The van der Waals surface area contributed by atoms with E-state index in [2.05, 4.69) is 5.32 Å². The van der Waals surface area contributed by atoms with E-state index in [0.717, 1.165) is 12.1 Å². The van der Waals surface area contributed by atoms with E-state index in [0.29, 0.717) is 5.69 Å². The number of amides is 1. The summed E-state index contributed by atoms with van der Waals surface area (Å²) >= 11 is 0. The molecular formula is C11H13F2NO3S. The van der Waals surface area contributed by atoms with E-state index in [1.165, 1.54) is 12.1 Å². The average Bonchev–Trinajstić information content (AvgIpc) is 2.29. The number of alkyl halides is 2. The molecule has 0 radical (unpaired) electrons. The van der Waals surface area contributed by atoms with E-state index >= 15 is 0 Å². The Kier molecular flexibility index (Phi) is 4.39. The Hall–Kier alpha value is -1.50. The Morgan fingerprint density at radius 2 is 1.67 bits per heavy atom. The quantitative estimate of drug-likeness (QED) is 0.918. The number of anilines is 1. The first-order valence-corrected chi connectivity index (χ1v) is 6.72. The van der Waals surface area contributed by atoms with Crippen LogP contribution in [0.3, 0.4) is 0 Å². The highest BCUT2D eigenvalue weighted by molar-refractivity contribution is 7.91. The van der Waals surface area contributed by atoms with Gasteiger partial charge in [-0.3, -0.25) is 4.79 Å². The van der Waals surface area contributed by atoms with Gasteiger partial charge in [0.15, 0.2) is 0 Å². The molecule has 100 valence electrons. The van der Waals surface area contributed by atoms with Gasteiger partial charge in [-0.2, -0.15) is 8.78 Å². The third-order valence-corrected chi connectivity index (χ3v) is 3.61. The van der Waals surface area contributed by atoms with E-state index in [-0.39, 0.29) is 11.8 Å². The lowest BCUT2D eigenvalue weighted by molar-refractivity contribution is -0.118. The van der Waals surface area contributed by atoms with Crippen LogP contribution in [0.4, 0.5) is 14.5 Å². The van der Waals surface area contributed by atoms with E-state index in [4.69, 9.17) is 0 Å². The zero-order valence-corrected chi connectivity index (χ0v) is 10.7. The van der Waals surface area contributed by atoms with Crippen LogP contribution in [0, 0.1) is 5.92 Å². The minimum Gasteiger partial charge on any atom is -0.326 e. The van der Waals surface area contributed by atoms with Crippen LogP contribution in [0.25, 0.3) is 0 Å². The van der Waals surface area contributed by atoms with Gasteiger partial charge >= 0.3 is 5.76 Å². The Bertz CT molecular complexity index is 524. The Labute approximate surface area is 104 Å². The predicted molar refractivity (Wildman–Crippen MR) is 63.1 cm³/mol. The fourth-order valence-electron chi connectivity index (χ4n) is 1.12. The number of rotatable bonds is 4. The number of carbonyl (C=O) groups excluding carboxylic acids is 1. The van der Waals surface area contributed by atoms with E-state index in [1.54, 1.807) is 13.8 Å². The Morgan fingerprint density at radius 3 is 2.06 bits per heavy atom. The number of hydrogen-bond acceptors (Lipinski definition) is 3. The first-order valence-electron chi connectivity index (χ1n) is 5.18. The second-order valence-corrected chi connectivity index (χ2v) is 5.89. The minimum atomic E-state index is -4.58. The molecule has 0 spiro atoms. The van der Waals surface area contributed by atoms with E-state index < -0.39 is 20.5 Å². The molecule has 1 rings (SSSR count). The Morgan fingerprint density at radius 1 is 1.17 bits per heavy atom. The van der Waals surface area contributed by atoms with Crippen molar-refractivity contribution in [3.05, 3.63) is 24.3 Å². The van der Waals surface area contributed by atoms with Crippen LogP contribution < -0.4 is 5.32 Å². The molecule has 7 heteroatoms. The van der Waals surface area contributed by atoms with Crippen LogP contribution in [0.5, 0.6) is 0 Å². The molecule has 1 aromatic rings. The summed E-state index contributed by atoms with van der Waals surface area (Å²) in [6.07, 6.45) is 0. The van der Waals surface area contributed by atoms with Gasteiger partial charge in [-0.05, 0) is 24.3 Å². The van der Waals surface area contributed by atoms with Crippen LogP contribution in [0.2, 0.25) is 0 Å². The highest BCUT2D eigenvalue weighted by Crippen LogP contribution is 2.20. The van der Waals surface area contributed by atoms with Crippen molar-refractivity contribution in [3.63, 3.8) is 0 Å². The smallest absolute Gasteiger partial charge is 0.326 e. The van der Waals surface area contributed by atoms with Crippen molar-refractivity contribution in [1.82, 2.24) is 0 Å². The molecule has 0 aliphatic heterocycles. The zero-order chi connectivity index (χ0) is 13.9. The summed E-state index contributed by atoms with van der Waals surface area (Å²) in [6.45, 7) is 3.40. The van der Waals surface area contributed by atoms with Gasteiger partial charge < -0.3 is 5.32 Å². The number of nitrogens with one attached hydrogen (secondary N) is 1. The maximum atomic E-state index is 12.3. The molecule has 0 fully saturated rings. The zero-order valence-electron chi connectivity index (χ0n) is 9.85. The van der Waals surface area contributed by atoms with Crippen LogP contribution in [-0.2, 0) is 14.6 Å². The summed E-state index contributed by atoms with van der Waals surface area (Å²) in [4.78, 5) is 10.9. The summed E-state index contributed by atoms with van der Waals surface area (Å²) in [5, 5.41) is 2.53. The molecule has 0 aromatic heterocycles. The third kappa shape index (κ3) is 3.25. The van der Waals surface area contributed by atoms with Gasteiger partial charge in [0.1, 0.15) is 0 Å². The van der Waals surface area contributed by atoms with Gasteiger partial charge in [0.2, 0.25) is 15.7 Å². The second kappa shape index (κ2) is 5.43. The van der Waals surface area contributed by atoms with Crippen molar-refractivity contribution in [2.75, 3.05) is 5.32 Å². The summed E-state index contributed by atoms with van der Waals surface area (Å²) in [6, 6.07) is 4.62. The highest BCUT2D eigenvalue weighted by atomic mass is 32.2. The number of benzene rings is 1. The molecule has 0 heterocycles. The van der Waals surface area contributed by atoms with Gasteiger partial charge in [0.05, 0.1) is 4.90 Å². The molecule has 0 aliphatic carbocycles. The number of halogens is 2. The van der Waals surface area contributed by atoms with Crippen molar-refractivity contribution in [2.24, 2.45) is 5.92 Å². The fourth-order valence-corrected chi connectivity index (χ4v) is 1.84. The molecule has 1 amide bonds. The summed E-state index contributed by atoms with van der Waals surface area (Å²) in [5.74, 6) is -3.91. The van der Waals surface area contributed by atoms with Crippen LogP contribution in [0.15, 0.2) is 29.2 Å². The van der Waals surface area contributed by atoms with Gasteiger partial charge in [-0.25, -0.2) is 8.42 Å². The van der Waals surface area contributed by atoms with Crippen molar-refractivity contribution in [1.29, 1.82) is 0 Å². The first kappa shape index (κ1) is 14.6. The van der Waals surface area contributed by atoms with E-state index in [1.807, 2.05) is 0 Å². The lowest BCUT2D eigenvalue weighted by atomic mass is 10.2. The summed E-state index contributed by atoms with van der Waals surface area (Å²) in [5.41, 5.74) is 0.363. The second-order valence-electron chi connectivity index (χ2n) is 3.97. The molecule has 0 saturated carbocycles. The fraction of sp³-hybridized carbons (Fsp3) is 0.364. The molecule has 0 unspecified atom stereocenters. The Balaban J connectivity index is 2.91. The van der Waals surface area contributed by atoms with Crippen LogP contribution in [-0.4, -0.2) is 20.1 Å². The van der Waals surface area contributed by atoms with Crippen LogP contribution >= 0.6 is 0 Å². The number of hydrogen-bond donors (Lipinski definition) is 1. The average molecular weight is 277 g/mol. The molecule has 1 N–H and O–H groups in total. The van der Waals surface area contributed by atoms with Crippen molar-refractivity contribution in [3.8, 4) is 0 Å². The minimum absolute atomic E-state index is 0.227. The maximum absolute atomic E-state index is 12.3. The molecule has 1 aromatic carbocycles. The first-order chi connectivity index (χ1) is 8.25. The van der Waals surface area contributed by atoms with Gasteiger partial charge in [0.25, 0.3) is 0 Å². The molecule has 0 aliphatic rings. The van der Waals surface area contributed by atoms with Crippen molar-refractivity contribution < 1.29 is 22.0 Å². The topological polar surface area (TPSA) is 63.2 Å². The molecule has 0 bridgehead atoms. The number of carbonyl (C=O) groups is 1. The van der Waals surface area contributed by atoms with Crippen molar-refractivity contribution in [2.45, 2.75) is 24.5 Å². The molecule has 4 nitrogen and oxygen atoms in total. The standard InChI is InChI=1S/C11H13F2NO3S/c1-7(2)10(15)14-8-3-5-9(6-4-8)18(16,17)11(12)13/h3-7,11H,1-2H3,(H,14,15). The highest BCUT2D eigenvalue weighted by Gasteiger charge is 2.26. The van der Waals surface area contributed by atoms with Crippen molar-refractivity contribution >= 4 is 21.4 Å². The predicted octanol–water partition coefficient (Wildman–Crippen LogP) is 2.28. The molecule has 0 saturated heterocycles. The maximum Gasteiger partial charge on any atom is 0.341 e. The molecule has 18 heavy (non-hydrogen) atoms. The normalized spacial score (nSPS) is 11.9. The van der Waals surface area contributed by atoms with Crippen LogP contribution in [0.1, 0.15) is 13.8 Å². The summed E-state index contributed by atoms with van der Waals surface area (Å²) in [7, 11) is -4.58. The SMILES string of the molecule is CC(C)C(=O)Nc1ccc(S(=O)(=O)C(F)F)cc1. The third-order valence-electron chi connectivity index (χ3n) is 2.21. The lowest BCUT2D eigenvalue weighted by Crippen LogP contribution is -2.17. The summed E-state index contributed by atoms with van der Waals surface area (Å²) < 4.78 is 46.8.